The number of nitro groups is 2. The third kappa shape index (κ3) is 8.27. The van der Waals surface area contributed by atoms with Gasteiger partial charge in [0, 0.05) is 48.7 Å². The van der Waals surface area contributed by atoms with Gasteiger partial charge >= 0.3 is 12.4 Å². The van der Waals surface area contributed by atoms with Gasteiger partial charge in [0.25, 0.3) is 11.4 Å². The number of ether oxygens (including phenoxy) is 1. The van der Waals surface area contributed by atoms with Gasteiger partial charge in [-0.3, -0.25) is 25.0 Å². The Balaban J connectivity index is 1.20. The first-order valence-corrected chi connectivity index (χ1v) is 13.8. The van der Waals surface area contributed by atoms with Crippen molar-refractivity contribution in [2.24, 2.45) is 0 Å². The number of carbonyl (C=O) groups excluding carboxylic acids is 1. The van der Waals surface area contributed by atoms with E-state index >= 15 is 0 Å². The molecule has 44 heavy (non-hydrogen) atoms. The minimum absolute atomic E-state index is 0.0931. The van der Waals surface area contributed by atoms with Crippen LogP contribution in [0.3, 0.4) is 0 Å². The molecule has 17 heteroatoms. The van der Waals surface area contributed by atoms with Crippen molar-refractivity contribution >= 4 is 28.7 Å². The second-order valence-electron chi connectivity index (χ2n) is 10.7. The number of hydrogen-bond donors (Lipinski definition) is 2. The lowest BCUT2D eigenvalue weighted by Gasteiger charge is -2.34. The second-order valence-corrected chi connectivity index (χ2v) is 10.7. The first-order valence-electron chi connectivity index (χ1n) is 13.8. The van der Waals surface area contributed by atoms with E-state index in [9.17, 15) is 51.4 Å². The van der Waals surface area contributed by atoms with Gasteiger partial charge in [0.1, 0.15) is 17.7 Å². The van der Waals surface area contributed by atoms with Crippen molar-refractivity contribution < 1.29 is 45.7 Å². The van der Waals surface area contributed by atoms with Crippen LogP contribution in [0, 0.1) is 20.2 Å². The number of halogens is 6. The number of nitro benzene ring substituents is 2. The molecule has 1 saturated carbocycles. The summed E-state index contributed by atoms with van der Waals surface area (Å²) < 4.78 is 85.3. The Hall–Kier alpha value is -4.15. The summed E-state index contributed by atoms with van der Waals surface area (Å²) in [5.41, 5.74) is -4.51. The number of carbonyl (C=O) groups is 1. The maximum absolute atomic E-state index is 13.3. The third-order valence-corrected chi connectivity index (χ3v) is 7.70. The molecule has 1 saturated heterocycles. The van der Waals surface area contributed by atoms with Gasteiger partial charge in [-0.05, 0) is 62.8 Å². The number of amides is 1. The highest BCUT2D eigenvalue weighted by atomic mass is 19.4. The molecule has 1 amide bonds. The summed E-state index contributed by atoms with van der Waals surface area (Å²) in [4.78, 5) is 34.0. The van der Waals surface area contributed by atoms with Gasteiger partial charge in [0.05, 0.1) is 16.0 Å². The van der Waals surface area contributed by atoms with Gasteiger partial charge in [-0.1, -0.05) is 0 Å². The van der Waals surface area contributed by atoms with Crippen molar-refractivity contribution in [3.63, 3.8) is 0 Å². The molecule has 2 N–H and O–H groups in total. The smallest absolute Gasteiger partial charge is 0.382 e. The highest BCUT2D eigenvalue weighted by Crippen LogP contribution is 2.39. The number of alkyl halides is 6. The fourth-order valence-electron chi connectivity index (χ4n) is 5.42. The van der Waals surface area contributed by atoms with Gasteiger partial charge in [0.2, 0.25) is 5.91 Å². The predicted octanol–water partition coefficient (Wildman–Crippen LogP) is 6.38. The number of likely N-dealkylation sites (tertiary alicyclic amines) is 1. The Bertz CT molecular complexity index is 1370. The Morgan fingerprint density at radius 1 is 0.773 bits per heavy atom. The monoisotopic (exact) mass is 633 g/mol. The van der Waals surface area contributed by atoms with Crippen molar-refractivity contribution in [2.45, 2.75) is 69.1 Å². The summed E-state index contributed by atoms with van der Waals surface area (Å²) >= 11 is 0. The lowest BCUT2D eigenvalue weighted by Crippen LogP contribution is -2.44. The molecule has 0 atom stereocenters. The fourth-order valence-corrected chi connectivity index (χ4v) is 5.42. The normalized spacial score (nSPS) is 19.8. The largest absolute Gasteiger partial charge is 0.423 e. The molecule has 0 spiro atoms. The van der Waals surface area contributed by atoms with Crippen LogP contribution in [-0.4, -0.2) is 58.5 Å². The highest BCUT2D eigenvalue weighted by molar-refractivity contribution is 5.77. The molecular formula is C27H29F6N5O6. The molecular weight excluding hydrogens is 604 g/mol. The van der Waals surface area contributed by atoms with Crippen molar-refractivity contribution in [3.05, 3.63) is 67.8 Å². The standard InChI is InChI=1S/C27H29F6N5O6/c28-26(29,30)21-13-18(3-7-23(21)37(40)41)34-16-1-5-20(6-2-16)44-15-25(39)36-11-9-17(10-12-36)35-19-4-8-24(38(42)43)22(14-19)27(31,32)33/h3-4,7-8,13-14,16-17,20,34-35H,1-2,5-6,9-12,15H2/t16-,20-. The molecule has 0 radical (unpaired) electrons. The van der Waals surface area contributed by atoms with Gasteiger partial charge in [-0.15, -0.1) is 0 Å². The minimum atomic E-state index is -4.89. The quantitative estimate of drug-likeness (QED) is 0.184. The van der Waals surface area contributed by atoms with Crippen LogP contribution in [0.1, 0.15) is 49.7 Å². The lowest BCUT2D eigenvalue weighted by atomic mass is 9.92. The maximum atomic E-state index is 13.3. The molecule has 11 nitrogen and oxygen atoms in total. The molecule has 2 aromatic rings. The number of nitrogens with one attached hydrogen (secondary N) is 2. The highest BCUT2D eigenvalue weighted by Gasteiger charge is 2.40. The van der Waals surface area contributed by atoms with Crippen LogP contribution in [0.15, 0.2) is 36.4 Å². The summed E-state index contributed by atoms with van der Waals surface area (Å²) in [6.45, 7) is 0.505. The first-order chi connectivity index (χ1) is 20.6. The number of rotatable bonds is 9. The lowest BCUT2D eigenvalue weighted by molar-refractivity contribution is -0.388. The van der Waals surface area contributed by atoms with E-state index in [1.54, 1.807) is 4.90 Å². The van der Waals surface area contributed by atoms with Crippen LogP contribution in [0.2, 0.25) is 0 Å². The van der Waals surface area contributed by atoms with Crippen LogP contribution >= 0.6 is 0 Å². The van der Waals surface area contributed by atoms with E-state index in [1.165, 1.54) is 12.1 Å². The molecule has 2 fully saturated rings. The van der Waals surface area contributed by atoms with Crippen molar-refractivity contribution in [2.75, 3.05) is 30.3 Å². The molecule has 1 aliphatic heterocycles. The van der Waals surface area contributed by atoms with E-state index < -0.39 is 44.7 Å². The Morgan fingerprint density at radius 3 is 1.61 bits per heavy atom. The summed E-state index contributed by atoms with van der Waals surface area (Å²) in [7, 11) is 0. The Morgan fingerprint density at radius 2 is 1.20 bits per heavy atom. The van der Waals surface area contributed by atoms with Crippen molar-refractivity contribution in [1.82, 2.24) is 4.90 Å². The topological polar surface area (TPSA) is 140 Å². The van der Waals surface area contributed by atoms with E-state index in [4.69, 9.17) is 4.74 Å². The molecule has 240 valence electrons. The van der Waals surface area contributed by atoms with Crippen LogP contribution in [0.4, 0.5) is 49.1 Å². The number of benzene rings is 2. The maximum Gasteiger partial charge on any atom is 0.423 e. The fraction of sp³-hybridized carbons (Fsp3) is 0.519. The zero-order valence-corrected chi connectivity index (χ0v) is 23.1. The second kappa shape index (κ2) is 13.2. The van der Waals surface area contributed by atoms with Crippen molar-refractivity contribution in [3.8, 4) is 0 Å². The number of nitrogens with zero attached hydrogens (tertiary/aromatic N) is 3. The molecule has 2 aromatic carbocycles. The Labute approximate surface area is 246 Å². The van der Waals surface area contributed by atoms with Gasteiger partial charge in [-0.25, -0.2) is 0 Å². The minimum Gasteiger partial charge on any atom is -0.382 e. The molecule has 4 rings (SSSR count). The van der Waals surface area contributed by atoms with E-state index in [-0.39, 0.29) is 42.1 Å². The van der Waals surface area contributed by atoms with E-state index in [0.717, 1.165) is 18.2 Å². The van der Waals surface area contributed by atoms with Gasteiger partial charge < -0.3 is 20.3 Å². The van der Waals surface area contributed by atoms with Crippen molar-refractivity contribution in [1.29, 1.82) is 0 Å². The molecule has 0 bridgehead atoms. The van der Waals surface area contributed by atoms with Crippen LogP contribution in [0.5, 0.6) is 0 Å². The molecule has 0 unspecified atom stereocenters. The van der Waals surface area contributed by atoms with E-state index in [1.807, 2.05) is 0 Å². The average Bonchev–Trinajstić information content (AvgIpc) is 2.96. The number of hydrogen-bond acceptors (Lipinski definition) is 8. The van der Waals surface area contributed by atoms with Crippen LogP contribution < -0.4 is 10.6 Å². The molecule has 0 aromatic heterocycles. The molecule has 1 heterocycles. The van der Waals surface area contributed by atoms with Crippen LogP contribution in [0.25, 0.3) is 0 Å². The first kappa shape index (κ1) is 32.8. The van der Waals surface area contributed by atoms with Gasteiger partial charge in [0.15, 0.2) is 0 Å². The number of anilines is 2. The molecule has 2 aliphatic rings. The predicted molar refractivity (Wildman–Crippen MR) is 145 cm³/mol. The zero-order valence-electron chi connectivity index (χ0n) is 23.1. The Kier molecular flexibility index (Phi) is 9.85. The SMILES string of the molecule is O=C(CO[C@H]1CC[C@H](Nc2ccc([N+](=O)[O-])c(C(F)(F)F)c2)CC1)N1CCC(Nc2ccc([N+](=O)[O-])c(C(F)(F)F)c2)CC1. The summed E-state index contributed by atoms with van der Waals surface area (Å²) in [5.74, 6) is -0.246. The third-order valence-electron chi connectivity index (χ3n) is 7.70. The zero-order chi connectivity index (χ0) is 32.2. The average molecular weight is 634 g/mol. The van der Waals surface area contributed by atoms with Gasteiger partial charge in [-0.2, -0.15) is 26.3 Å². The van der Waals surface area contributed by atoms with Crippen LogP contribution in [-0.2, 0) is 21.9 Å². The summed E-state index contributed by atoms with van der Waals surface area (Å²) in [5, 5.41) is 27.9. The van der Waals surface area contributed by atoms with E-state index in [2.05, 4.69) is 10.6 Å². The molecule has 1 aliphatic carbocycles. The number of piperidine rings is 1. The summed E-state index contributed by atoms with van der Waals surface area (Å²) in [6.07, 6.45) is -6.92. The van der Waals surface area contributed by atoms with E-state index in [0.29, 0.717) is 57.7 Å². The summed E-state index contributed by atoms with van der Waals surface area (Å²) in [6, 6.07) is 5.10.